The number of hydrogen-bond acceptors (Lipinski definition) is 4. The van der Waals surface area contributed by atoms with Crippen molar-refractivity contribution in [2.45, 2.75) is 44.0 Å². The van der Waals surface area contributed by atoms with E-state index in [2.05, 4.69) is 61.2 Å². The lowest BCUT2D eigenvalue weighted by atomic mass is 10.2. The van der Waals surface area contributed by atoms with Crippen LogP contribution in [0.1, 0.15) is 30.8 Å². The zero-order valence-corrected chi connectivity index (χ0v) is 13.3. The van der Waals surface area contributed by atoms with Crippen LogP contribution in [0.5, 0.6) is 0 Å². The lowest BCUT2D eigenvalue weighted by Crippen LogP contribution is -2.03. The van der Waals surface area contributed by atoms with Gasteiger partial charge >= 0.3 is 0 Å². The minimum absolute atomic E-state index is 0.847. The molecule has 0 aliphatic carbocycles. The second-order valence-corrected chi connectivity index (χ2v) is 5.82. The summed E-state index contributed by atoms with van der Waals surface area (Å²) in [7, 11) is 0. The van der Waals surface area contributed by atoms with Gasteiger partial charge in [0.2, 0.25) is 0 Å². The topological polar surface area (TPSA) is 37.8 Å². The molecule has 0 spiro atoms. The van der Waals surface area contributed by atoms with Crippen molar-refractivity contribution in [3.05, 3.63) is 41.2 Å². The molecule has 1 aromatic heterocycles. The average Bonchev–Trinajstić information content (AvgIpc) is 2.43. The summed E-state index contributed by atoms with van der Waals surface area (Å²) in [6.45, 7) is 9.27. The zero-order chi connectivity index (χ0) is 14.5. The molecule has 0 saturated carbocycles. The third-order valence-corrected chi connectivity index (χ3v) is 4.06. The molecule has 2 aromatic rings. The van der Waals surface area contributed by atoms with Gasteiger partial charge in [0.15, 0.2) is 0 Å². The van der Waals surface area contributed by atoms with Crippen LogP contribution >= 0.6 is 11.8 Å². The maximum Gasteiger partial charge on any atom is 0.131 e. The molecule has 0 saturated heterocycles. The van der Waals surface area contributed by atoms with Crippen LogP contribution in [0.3, 0.4) is 0 Å². The normalized spacial score (nSPS) is 10.6. The van der Waals surface area contributed by atoms with Gasteiger partial charge in [0.25, 0.3) is 0 Å². The van der Waals surface area contributed by atoms with E-state index in [1.165, 1.54) is 16.0 Å². The summed E-state index contributed by atoms with van der Waals surface area (Å²) in [5.74, 6) is 1.79. The van der Waals surface area contributed by atoms with Gasteiger partial charge in [0.1, 0.15) is 16.7 Å². The van der Waals surface area contributed by atoms with Crippen molar-refractivity contribution >= 4 is 17.6 Å². The Morgan fingerprint density at radius 1 is 1.10 bits per heavy atom. The predicted octanol–water partition coefficient (Wildman–Crippen LogP) is 4.24. The Balaban J connectivity index is 2.32. The highest BCUT2D eigenvalue weighted by molar-refractivity contribution is 7.99. The summed E-state index contributed by atoms with van der Waals surface area (Å²) >= 11 is 1.71. The number of aryl methyl sites for hydroxylation is 3. The van der Waals surface area contributed by atoms with Crippen LogP contribution in [0.4, 0.5) is 5.82 Å². The van der Waals surface area contributed by atoms with Gasteiger partial charge in [-0.25, -0.2) is 9.97 Å². The summed E-state index contributed by atoms with van der Waals surface area (Å²) in [6, 6.07) is 8.53. The largest absolute Gasteiger partial charge is 0.370 e. The van der Waals surface area contributed by atoms with E-state index in [1.807, 2.05) is 6.07 Å². The third kappa shape index (κ3) is 3.73. The molecular formula is C16H21N3S. The molecule has 0 aliphatic rings. The van der Waals surface area contributed by atoms with Crippen molar-refractivity contribution in [3.8, 4) is 0 Å². The summed E-state index contributed by atoms with van der Waals surface area (Å²) < 4.78 is 0. The Kier molecular flexibility index (Phi) is 5.01. The van der Waals surface area contributed by atoms with Gasteiger partial charge in [-0.1, -0.05) is 30.8 Å². The number of benzene rings is 1. The van der Waals surface area contributed by atoms with E-state index in [1.54, 1.807) is 11.8 Å². The van der Waals surface area contributed by atoms with Crippen molar-refractivity contribution < 1.29 is 0 Å². The third-order valence-electron chi connectivity index (χ3n) is 2.98. The zero-order valence-electron chi connectivity index (χ0n) is 12.5. The molecule has 3 nitrogen and oxygen atoms in total. The quantitative estimate of drug-likeness (QED) is 0.835. The molecule has 0 bridgehead atoms. The molecule has 0 radical (unpaired) electrons. The first-order valence-corrected chi connectivity index (χ1v) is 7.81. The fourth-order valence-corrected chi connectivity index (χ4v) is 2.91. The standard InChI is InChI=1S/C16H21N3S/c1-5-14-18-15(17-6-2)10-16(19-14)20-13-9-11(3)7-8-12(13)4/h7-10H,5-6H2,1-4H3,(H,17,18,19). The maximum absolute atomic E-state index is 4.61. The van der Waals surface area contributed by atoms with E-state index >= 15 is 0 Å². The molecule has 1 N–H and O–H groups in total. The van der Waals surface area contributed by atoms with Crippen LogP contribution in [-0.2, 0) is 6.42 Å². The van der Waals surface area contributed by atoms with Crippen molar-refractivity contribution in [2.24, 2.45) is 0 Å². The van der Waals surface area contributed by atoms with Crippen LogP contribution in [0.2, 0.25) is 0 Å². The second-order valence-electron chi connectivity index (χ2n) is 4.76. The van der Waals surface area contributed by atoms with Crippen LogP contribution in [0, 0.1) is 13.8 Å². The number of anilines is 1. The Hall–Kier alpha value is -1.55. The Morgan fingerprint density at radius 2 is 1.90 bits per heavy atom. The highest BCUT2D eigenvalue weighted by Crippen LogP contribution is 2.30. The Labute approximate surface area is 125 Å². The minimum Gasteiger partial charge on any atom is -0.370 e. The van der Waals surface area contributed by atoms with Gasteiger partial charge in [-0.2, -0.15) is 0 Å². The van der Waals surface area contributed by atoms with Gasteiger partial charge in [0, 0.05) is 23.9 Å². The van der Waals surface area contributed by atoms with E-state index in [4.69, 9.17) is 0 Å². The summed E-state index contributed by atoms with van der Waals surface area (Å²) in [6.07, 6.45) is 0.847. The van der Waals surface area contributed by atoms with E-state index in [0.717, 1.165) is 29.6 Å². The van der Waals surface area contributed by atoms with Gasteiger partial charge in [-0.3, -0.25) is 0 Å². The summed E-state index contributed by atoms with van der Waals surface area (Å²) in [5.41, 5.74) is 2.55. The SMILES string of the molecule is CCNc1cc(Sc2cc(C)ccc2C)nc(CC)n1. The molecule has 2 rings (SSSR count). The fourth-order valence-electron chi connectivity index (χ4n) is 1.88. The van der Waals surface area contributed by atoms with Crippen molar-refractivity contribution in [1.29, 1.82) is 0 Å². The fraction of sp³-hybridized carbons (Fsp3) is 0.375. The lowest BCUT2D eigenvalue weighted by Gasteiger charge is -2.09. The van der Waals surface area contributed by atoms with Gasteiger partial charge < -0.3 is 5.32 Å². The predicted molar refractivity (Wildman–Crippen MR) is 85.6 cm³/mol. The van der Waals surface area contributed by atoms with Crippen LogP contribution in [-0.4, -0.2) is 16.5 Å². The molecule has 4 heteroatoms. The monoisotopic (exact) mass is 287 g/mol. The molecule has 0 atom stereocenters. The molecule has 0 aliphatic heterocycles. The summed E-state index contributed by atoms with van der Waals surface area (Å²) in [4.78, 5) is 10.4. The van der Waals surface area contributed by atoms with Crippen molar-refractivity contribution in [2.75, 3.05) is 11.9 Å². The first-order valence-electron chi connectivity index (χ1n) is 6.99. The van der Waals surface area contributed by atoms with E-state index < -0.39 is 0 Å². The highest BCUT2D eigenvalue weighted by Gasteiger charge is 2.07. The molecule has 106 valence electrons. The van der Waals surface area contributed by atoms with Crippen LogP contribution in [0.15, 0.2) is 34.2 Å². The van der Waals surface area contributed by atoms with Crippen LogP contribution in [0.25, 0.3) is 0 Å². The summed E-state index contributed by atoms with van der Waals surface area (Å²) in [5, 5.41) is 4.27. The molecule has 1 heterocycles. The van der Waals surface area contributed by atoms with Gasteiger partial charge in [-0.05, 0) is 38.0 Å². The number of hydrogen-bond donors (Lipinski definition) is 1. The first kappa shape index (κ1) is 14.9. The molecule has 20 heavy (non-hydrogen) atoms. The number of aromatic nitrogens is 2. The van der Waals surface area contributed by atoms with Crippen LogP contribution < -0.4 is 5.32 Å². The van der Waals surface area contributed by atoms with Crippen molar-refractivity contribution in [3.63, 3.8) is 0 Å². The van der Waals surface area contributed by atoms with E-state index in [9.17, 15) is 0 Å². The molecule has 0 fully saturated rings. The smallest absolute Gasteiger partial charge is 0.131 e. The number of nitrogens with one attached hydrogen (secondary N) is 1. The van der Waals surface area contributed by atoms with Gasteiger partial charge in [-0.15, -0.1) is 0 Å². The van der Waals surface area contributed by atoms with Gasteiger partial charge in [0.05, 0.1) is 0 Å². The maximum atomic E-state index is 4.61. The highest BCUT2D eigenvalue weighted by atomic mass is 32.2. The average molecular weight is 287 g/mol. The number of nitrogens with zero attached hydrogens (tertiary/aromatic N) is 2. The lowest BCUT2D eigenvalue weighted by molar-refractivity contribution is 0.887. The molecule has 0 unspecified atom stereocenters. The second kappa shape index (κ2) is 6.75. The first-order chi connectivity index (χ1) is 9.62. The Morgan fingerprint density at radius 3 is 2.60 bits per heavy atom. The van der Waals surface area contributed by atoms with E-state index in [-0.39, 0.29) is 0 Å². The van der Waals surface area contributed by atoms with Crippen molar-refractivity contribution in [1.82, 2.24) is 9.97 Å². The Bertz CT molecular complexity index is 596. The molecule has 1 aromatic carbocycles. The van der Waals surface area contributed by atoms with E-state index in [0.29, 0.717) is 0 Å². The molecular weight excluding hydrogens is 266 g/mol. The molecule has 0 amide bonds. The number of rotatable bonds is 5. The minimum atomic E-state index is 0.847.